The van der Waals surface area contributed by atoms with E-state index in [9.17, 15) is 4.79 Å². The summed E-state index contributed by atoms with van der Waals surface area (Å²) in [6.07, 6.45) is 2.43. The summed E-state index contributed by atoms with van der Waals surface area (Å²) in [5.41, 5.74) is 0.643. The first-order valence-electron chi connectivity index (χ1n) is 5.49. The van der Waals surface area contributed by atoms with Crippen LogP contribution in [0.5, 0.6) is 0 Å². The van der Waals surface area contributed by atoms with Crippen LogP contribution in [0.1, 0.15) is 26.2 Å². The van der Waals surface area contributed by atoms with Gasteiger partial charge in [0.2, 0.25) is 0 Å². The number of carboxylic acid groups (broad SMARTS) is 1. The lowest BCUT2D eigenvalue weighted by atomic mass is 10.1. The van der Waals surface area contributed by atoms with Crippen molar-refractivity contribution in [2.75, 3.05) is 5.32 Å². The van der Waals surface area contributed by atoms with Gasteiger partial charge in [-0.15, -0.1) is 0 Å². The van der Waals surface area contributed by atoms with Crippen molar-refractivity contribution in [3.8, 4) is 0 Å². The highest BCUT2D eigenvalue weighted by Gasteiger charge is 2.17. The van der Waals surface area contributed by atoms with Crippen molar-refractivity contribution in [3.63, 3.8) is 0 Å². The number of hydrogen-bond donors (Lipinski definition) is 2. The van der Waals surface area contributed by atoms with Crippen LogP contribution in [0.25, 0.3) is 0 Å². The van der Waals surface area contributed by atoms with E-state index in [2.05, 4.69) is 21.2 Å². The SMILES string of the molecule is CCCCC(Nc1cc(Br)ccc1Cl)C(=O)O. The molecule has 1 aromatic rings. The zero-order valence-electron chi connectivity index (χ0n) is 9.54. The number of anilines is 1. The van der Waals surface area contributed by atoms with Crippen LogP contribution in [-0.4, -0.2) is 17.1 Å². The third-order valence-electron chi connectivity index (χ3n) is 2.40. The Hall–Kier alpha value is -0.740. The lowest BCUT2D eigenvalue weighted by Crippen LogP contribution is -2.29. The maximum Gasteiger partial charge on any atom is 0.326 e. The molecule has 0 saturated carbocycles. The summed E-state index contributed by atoms with van der Waals surface area (Å²) in [7, 11) is 0. The molecule has 1 atom stereocenters. The van der Waals surface area contributed by atoms with Gasteiger partial charge in [-0.05, 0) is 24.6 Å². The van der Waals surface area contributed by atoms with Gasteiger partial charge in [-0.2, -0.15) is 0 Å². The smallest absolute Gasteiger partial charge is 0.326 e. The van der Waals surface area contributed by atoms with E-state index in [-0.39, 0.29) is 0 Å². The number of rotatable bonds is 6. The fourth-order valence-corrected chi connectivity index (χ4v) is 1.99. The standard InChI is InChI=1S/C12H15BrClNO2/c1-2-3-4-10(12(16)17)15-11-7-8(13)5-6-9(11)14/h5-7,10,15H,2-4H2,1H3,(H,16,17). The van der Waals surface area contributed by atoms with Crippen LogP contribution in [0, 0.1) is 0 Å². The van der Waals surface area contributed by atoms with Gasteiger partial charge in [0.15, 0.2) is 0 Å². The Morgan fingerprint density at radius 2 is 2.29 bits per heavy atom. The monoisotopic (exact) mass is 319 g/mol. The number of carbonyl (C=O) groups is 1. The van der Waals surface area contributed by atoms with E-state index in [4.69, 9.17) is 16.7 Å². The Kier molecular flexibility index (Phi) is 5.78. The molecule has 0 aromatic heterocycles. The quantitative estimate of drug-likeness (QED) is 0.827. The Morgan fingerprint density at radius 1 is 1.59 bits per heavy atom. The Bertz CT molecular complexity index is 398. The first-order chi connectivity index (χ1) is 8.04. The highest BCUT2D eigenvalue weighted by Crippen LogP contribution is 2.26. The van der Waals surface area contributed by atoms with Crippen molar-refractivity contribution in [1.82, 2.24) is 0 Å². The second-order valence-corrected chi connectivity index (χ2v) is 5.12. The minimum Gasteiger partial charge on any atom is -0.480 e. The molecule has 0 heterocycles. The molecular formula is C12H15BrClNO2. The van der Waals surface area contributed by atoms with E-state index in [1.807, 2.05) is 13.0 Å². The first kappa shape index (κ1) is 14.3. The average molecular weight is 321 g/mol. The maximum atomic E-state index is 11.1. The molecule has 0 saturated heterocycles. The largest absolute Gasteiger partial charge is 0.480 e. The van der Waals surface area contributed by atoms with Gasteiger partial charge in [-0.1, -0.05) is 47.3 Å². The number of aliphatic carboxylic acids is 1. The summed E-state index contributed by atoms with van der Waals surface area (Å²) in [5.74, 6) is -0.852. The number of carboxylic acids is 1. The Morgan fingerprint density at radius 3 is 2.88 bits per heavy atom. The fourth-order valence-electron chi connectivity index (χ4n) is 1.46. The lowest BCUT2D eigenvalue weighted by Gasteiger charge is -2.16. The zero-order valence-corrected chi connectivity index (χ0v) is 11.9. The molecule has 0 aliphatic carbocycles. The second-order valence-electron chi connectivity index (χ2n) is 3.80. The molecule has 0 aliphatic heterocycles. The van der Waals surface area contributed by atoms with Gasteiger partial charge in [0.25, 0.3) is 0 Å². The molecule has 0 bridgehead atoms. The summed E-state index contributed by atoms with van der Waals surface area (Å²) in [5, 5.41) is 12.6. The predicted molar refractivity (Wildman–Crippen MR) is 73.7 cm³/mol. The molecule has 94 valence electrons. The number of benzene rings is 1. The summed E-state index contributed by atoms with van der Waals surface area (Å²) in [6.45, 7) is 2.03. The van der Waals surface area contributed by atoms with E-state index in [0.29, 0.717) is 17.1 Å². The average Bonchev–Trinajstić information content (AvgIpc) is 2.28. The molecule has 0 spiro atoms. The predicted octanol–water partition coefficient (Wildman–Crippen LogP) is 4.16. The number of unbranched alkanes of at least 4 members (excludes halogenated alkanes) is 1. The van der Waals surface area contributed by atoms with Crippen molar-refractivity contribution in [3.05, 3.63) is 27.7 Å². The van der Waals surface area contributed by atoms with E-state index in [1.165, 1.54) is 0 Å². The molecule has 0 amide bonds. The molecule has 5 heteroatoms. The van der Waals surface area contributed by atoms with Crippen molar-refractivity contribution in [2.24, 2.45) is 0 Å². The molecule has 0 fully saturated rings. The van der Waals surface area contributed by atoms with Crippen molar-refractivity contribution < 1.29 is 9.90 Å². The normalized spacial score (nSPS) is 12.2. The highest BCUT2D eigenvalue weighted by molar-refractivity contribution is 9.10. The minimum atomic E-state index is -0.852. The van der Waals surface area contributed by atoms with Crippen LogP contribution in [-0.2, 0) is 4.79 Å². The summed E-state index contributed by atoms with van der Waals surface area (Å²) < 4.78 is 0.865. The summed E-state index contributed by atoms with van der Waals surface area (Å²) >= 11 is 9.33. The summed E-state index contributed by atoms with van der Waals surface area (Å²) in [4.78, 5) is 11.1. The molecule has 3 nitrogen and oxygen atoms in total. The fraction of sp³-hybridized carbons (Fsp3) is 0.417. The van der Waals surface area contributed by atoms with Crippen LogP contribution in [0.15, 0.2) is 22.7 Å². The molecule has 1 aromatic carbocycles. The molecular weight excluding hydrogens is 305 g/mol. The van der Waals surface area contributed by atoms with Crippen LogP contribution in [0.3, 0.4) is 0 Å². The second kappa shape index (κ2) is 6.87. The van der Waals surface area contributed by atoms with Gasteiger partial charge in [-0.25, -0.2) is 4.79 Å². The minimum absolute atomic E-state index is 0.524. The van der Waals surface area contributed by atoms with E-state index >= 15 is 0 Å². The first-order valence-corrected chi connectivity index (χ1v) is 6.66. The van der Waals surface area contributed by atoms with Crippen molar-refractivity contribution in [2.45, 2.75) is 32.2 Å². The Balaban J connectivity index is 2.78. The van der Waals surface area contributed by atoms with Crippen molar-refractivity contribution >= 4 is 39.2 Å². The lowest BCUT2D eigenvalue weighted by molar-refractivity contribution is -0.138. The van der Waals surface area contributed by atoms with Gasteiger partial charge < -0.3 is 10.4 Å². The van der Waals surface area contributed by atoms with E-state index in [0.717, 1.165) is 17.3 Å². The van der Waals surface area contributed by atoms with Crippen LogP contribution in [0.4, 0.5) is 5.69 Å². The van der Waals surface area contributed by atoms with Gasteiger partial charge >= 0.3 is 5.97 Å². The van der Waals surface area contributed by atoms with Gasteiger partial charge in [-0.3, -0.25) is 0 Å². The summed E-state index contributed by atoms with van der Waals surface area (Å²) in [6, 6.07) is 4.73. The number of hydrogen-bond acceptors (Lipinski definition) is 2. The van der Waals surface area contributed by atoms with E-state index < -0.39 is 12.0 Å². The number of halogens is 2. The Labute approximate surface area is 114 Å². The third kappa shape index (κ3) is 4.56. The van der Waals surface area contributed by atoms with Gasteiger partial charge in [0.05, 0.1) is 10.7 Å². The van der Waals surface area contributed by atoms with Crippen molar-refractivity contribution in [1.29, 1.82) is 0 Å². The molecule has 17 heavy (non-hydrogen) atoms. The third-order valence-corrected chi connectivity index (χ3v) is 3.23. The maximum absolute atomic E-state index is 11.1. The molecule has 1 unspecified atom stereocenters. The topological polar surface area (TPSA) is 49.3 Å². The molecule has 2 N–H and O–H groups in total. The van der Waals surface area contributed by atoms with E-state index in [1.54, 1.807) is 12.1 Å². The zero-order chi connectivity index (χ0) is 12.8. The van der Waals surface area contributed by atoms with Gasteiger partial charge in [0, 0.05) is 4.47 Å². The van der Waals surface area contributed by atoms with Crippen LogP contribution >= 0.6 is 27.5 Å². The molecule has 0 aliphatic rings. The van der Waals surface area contributed by atoms with Crippen LogP contribution < -0.4 is 5.32 Å². The number of nitrogens with one attached hydrogen (secondary N) is 1. The van der Waals surface area contributed by atoms with Crippen LogP contribution in [0.2, 0.25) is 5.02 Å². The highest BCUT2D eigenvalue weighted by atomic mass is 79.9. The molecule has 1 rings (SSSR count). The molecule has 0 radical (unpaired) electrons. The van der Waals surface area contributed by atoms with Gasteiger partial charge in [0.1, 0.15) is 6.04 Å².